The molecule has 0 atom stereocenters. The lowest BCUT2D eigenvalue weighted by Gasteiger charge is -2.02. The molecule has 0 radical (unpaired) electrons. The number of hydrogen-bond acceptors (Lipinski definition) is 4. The van der Waals surface area contributed by atoms with Gasteiger partial charge in [0.25, 0.3) is 0 Å². The Morgan fingerprint density at radius 2 is 2.00 bits per heavy atom. The molecule has 3 aromatic heterocycles. The Hall–Kier alpha value is -1.85. The van der Waals surface area contributed by atoms with Gasteiger partial charge in [-0.15, -0.1) is 0 Å². The molecule has 0 aliphatic rings. The van der Waals surface area contributed by atoms with E-state index in [4.69, 9.17) is 23.2 Å². The van der Waals surface area contributed by atoms with E-state index in [0.29, 0.717) is 22.5 Å². The van der Waals surface area contributed by atoms with Crippen LogP contribution in [-0.2, 0) is 6.54 Å². The van der Waals surface area contributed by atoms with Crippen molar-refractivity contribution in [2.45, 2.75) is 6.54 Å². The number of halogens is 2. The van der Waals surface area contributed by atoms with Crippen molar-refractivity contribution in [3.05, 3.63) is 52.8 Å². The van der Waals surface area contributed by atoms with Gasteiger partial charge in [0.05, 0.1) is 29.7 Å². The van der Waals surface area contributed by atoms with Crippen LogP contribution in [0, 0.1) is 0 Å². The SMILES string of the molecule is Clc1ccc2nc(CNc3cncc(Cl)n3)cn2c1. The second-order valence-corrected chi connectivity index (χ2v) is 4.75. The Kier molecular flexibility index (Phi) is 3.23. The lowest BCUT2D eigenvalue weighted by molar-refractivity contribution is 1.04. The van der Waals surface area contributed by atoms with E-state index >= 15 is 0 Å². The molecule has 0 spiro atoms. The Morgan fingerprint density at radius 1 is 1.11 bits per heavy atom. The van der Waals surface area contributed by atoms with Crippen molar-refractivity contribution in [3.8, 4) is 0 Å². The summed E-state index contributed by atoms with van der Waals surface area (Å²) in [6, 6.07) is 3.68. The molecule has 0 unspecified atom stereocenters. The minimum atomic E-state index is 0.354. The van der Waals surface area contributed by atoms with Crippen LogP contribution in [-0.4, -0.2) is 19.4 Å². The first kappa shape index (κ1) is 12.2. The van der Waals surface area contributed by atoms with Gasteiger partial charge in [0, 0.05) is 12.4 Å². The van der Waals surface area contributed by atoms with Gasteiger partial charge in [0.1, 0.15) is 16.6 Å². The number of anilines is 1. The zero-order valence-electron chi connectivity index (χ0n) is 9.72. The van der Waals surface area contributed by atoms with Crippen LogP contribution in [0.25, 0.3) is 5.65 Å². The van der Waals surface area contributed by atoms with Gasteiger partial charge in [-0.3, -0.25) is 4.98 Å². The van der Waals surface area contributed by atoms with Crippen molar-refractivity contribution in [1.29, 1.82) is 0 Å². The molecule has 0 amide bonds. The van der Waals surface area contributed by atoms with Crippen molar-refractivity contribution in [1.82, 2.24) is 19.4 Å². The van der Waals surface area contributed by atoms with Crippen LogP contribution in [0.1, 0.15) is 5.69 Å². The average molecular weight is 294 g/mol. The Bertz CT molecular complexity index is 725. The predicted octanol–water partition coefficient (Wildman–Crippen LogP) is 3.04. The number of rotatable bonds is 3. The molecule has 0 saturated carbocycles. The molecular weight excluding hydrogens is 285 g/mol. The van der Waals surface area contributed by atoms with E-state index in [1.165, 1.54) is 6.20 Å². The molecule has 3 rings (SSSR count). The molecule has 0 bridgehead atoms. The standard InChI is InChI=1S/C12H9Cl2N5/c13-8-1-2-12-17-9(7-19(12)6-8)3-16-11-5-15-4-10(14)18-11/h1-2,4-7H,3H2,(H,16,18). The Balaban J connectivity index is 1.78. The summed E-state index contributed by atoms with van der Waals surface area (Å²) in [5, 5.41) is 4.14. The molecule has 0 saturated heterocycles. The summed E-state index contributed by atoms with van der Waals surface area (Å²) in [5.74, 6) is 0.614. The van der Waals surface area contributed by atoms with Crippen molar-refractivity contribution in [3.63, 3.8) is 0 Å². The first-order valence-electron chi connectivity index (χ1n) is 5.55. The van der Waals surface area contributed by atoms with Crippen LogP contribution in [0.5, 0.6) is 0 Å². The lowest BCUT2D eigenvalue weighted by Crippen LogP contribution is -2.02. The van der Waals surface area contributed by atoms with Gasteiger partial charge >= 0.3 is 0 Å². The molecule has 1 N–H and O–H groups in total. The fourth-order valence-corrected chi connectivity index (χ4v) is 2.03. The summed E-state index contributed by atoms with van der Waals surface area (Å²) in [6.07, 6.45) is 6.82. The van der Waals surface area contributed by atoms with Crippen LogP contribution < -0.4 is 5.32 Å². The van der Waals surface area contributed by atoms with Crippen molar-refractivity contribution >= 4 is 34.7 Å². The molecule has 5 nitrogen and oxygen atoms in total. The predicted molar refractivity (Wildman–Crippen MR) is 74.6 cm³/mol. The third kappa shape index (κ3) is 2.77. The molecule has 0 aliphatic heterocycles. The molecule has 3 aromatic rings. The van der Waals surface area contributed by atoms with Crippen molar-refractivity contribution in [2.24, 2.45) is 0 Å². The topological polar surface area (TPSA) is 55.1 Å². The second-order valence-electron chi connectivity index (χ2n) is 3.93. The van der Waals surface area contributed by atoms with Gasteiger partial charge in [-0.2, -0.15) is 0 Å². The number of imidazole rings is 1. The molecule has 0 aromatic carbocycles. The summed E-state index contributed by atoms with van der Waals surface area (Å²) < 4.78 is 1.88. The number of hydrogen-bond donors (Lipinski definition) is 1. The maximum Gasteiger partial charge on any atom is 0.149 e. The summed E-state index contributed by atoms with van der Waals surface area (Å²) >= 11 is 11.7. The second kappa shape index (κ2) is 5.03. The monoisotopic (exact) mass is 293 g/mol. The molecule has 0 fully saturated rings. The quantitative estimate of drug-likeness (QED) is 0.806. The zero-order chi connectivity index (χ0) is 13.2. The highest BCUT2D eigenvalue weighted by molar-refractivity contribution is 6.30. The van der Waals surface area contributed by atoms with Crippen LogP contribution in [0.15, 0.2) is 36.9 Å². The Morgan fingerprint density at radius 3 is 2.84 bits per heavy atom. The number of nitrogens with one attached hydrogen (secondary N) is 1. The number of aromatic nitrogens is 4. The molecule has 7 heteroatoms. The number of nitrogens with zero attached hydrogens (tertiary/aromatic N) is 4. The summed E-state index contributed by atoms with van der Waals surface area (Å²) in [7, 11) is 0. The third-order valence-electron chi connectivity index (χ3n) is 2.52. The number of pyridine rings is 1. The van der Waals surface area contributed by atoms with Gasteiger partial charge in [-0.05, 0) is 12.1 Å². The molecular formula is C12H9Cl2N5. The van der Waals surface area contributed by atoms with Gasteiger partial charge in [0.15, 0.2) is 0 Å². The smallest absolute Gasteiger partial charge is 0.149 e. The summed E-state index contributed by atoms with van der Waals surface area (Å²) in [6.45, 7) is 0.536. The summed E-state index contributed by atoms with van der Waals surface area (Å²) in [5.41, 5.74) is 1.72. The highest BCUT2D eigenvalue weighted by Gasteiger charge is 2.03. The van der Waals surface area contributed by atoms with E-state index in [-0.39, 0.29) is 0 Å². The van der Waals surface area contributed by atoms with Crippen molar-refractivity contribution in [2.75, 3.05) is 5.32 Å². The minimum absolute atomic E-state index is 0.354. The van der Waals surface area contributed by atoms with Gasteiger partial charge < -0.3 is 9.72 Å². The van der Waals surface area contributed by atoms with Crippen LogP contribution in [0.4, 0.5) is 5.82 Å². The average Bonchev–Trinajstić information content (AvgIpc) is 2.78. The molecule has 0 aliphatic carbocycles. The van der Waals surface area contributed by atoms with E-state index < -0.39 is 0 Å². The van der Waals surface area contributed by atoms with Gasteiger partial charge in [-0.1, -0.05) is 23.2 Å². The van der Waals surface area contributed by atoms with E-state index in [2.05, 4.69) is 20.3 Å². The van der Waals surface area contributed by atoms with E-state index in [1.807, 2.05) is 28.9 Å². The maximum atomic E-state index is 5.92. The molecule has 3 heterocycles. The van der Waals surface area contributed by atoms with E-state index in [1.54, 1.807) is 6.20 Å². The fraction of sp³-hybridized carbons (Fsp3) is 0.0833. The fourth-order valence-electron chi connectivity index (χ4n) is 1.71. The zero-order valence-corrected chi connectivity index (χ0v) is 11.2. The maximum absolute atomic E-state index is 5.92. The number of fused-ring (bicyclic) bond motifs is 1. The van der Waals surface area contributed by atoms with Gasteiger partial charge in [0.2, 0.25) is 0 Å². The Labute approximate surface area is 119 Å². The van der Waals surface area contributed by atoms with Crippen LogP contribution >= 0.6 is 23.2 Å². The minimum Gasteiger partial charge on any atom is -0.363 e. The molecule has 19 heavy (non-hydrogen) atoms. The summed E-state index contributed by atoms with van der Waals surface area (Å²) in [4.78, 5) is 12.5. The van der Waals surface area contributed by atoms with Crippen LogP contribution in [0.2, 0.25) is 10.2 Å². The largest absolute Gasteiger partial charge is 0.363 e. The first-order valence-corrected chi connectivity index (χ1v) is 6.31. The highest BCUT2D eigenvalue weighted by Crippen LogP contribution is 2.13. The third-order valence-corrected chi connectivity index (χ3v) is 2.93. The van der Waals surface area contributed by atoms with E-state index in [9.17, 15) is 0 Å². The van der Waals surface area contributed by atoms with Crippen molar-refractivity contribution < 1.29 is 0 Å². The van der Waals surface area contributed by atoms with E-state index in [0.717, 1.165) is 11.3 Å². The first-order chi connectivity index (χ1) is 9.20. The highest BCUT2D eigenvalue weighted by atomic mass is 35.5. The normalized spacial score (nSPS) is 10.8. The van der Waals surface area contributed by atoms with Gasteiger partial charge in [-0.25, -0.2) is 9.97 Å². The molecule has 96 valence electrons. The van der Waals surface area contributed by atoms with Crippen LogP contribution in [0.3, 0.4) is 0 Å². The lowest BCUT2D eigenvalue weighted by atomic mass is 10.4.